The van der Waals surface area contributed by atoms with Crippen LogP contribution in [-0.2, 0) is 9.09 Å². The zero-order valence-corrected chi connectivity index (χ0v) is 16.8. The summed E-state index contributed by atoms with van der Waals surface area (Å²) in [7, 11) is -4.57. The fourth-order valence-electron chi connectivity index (χ4n) is 3.00. The average molecular weight is 381 g/mol. The van der Waals surface area contributed by atoms with Crippen LogP contribution < -0.4 is 5.73 Å². The molecule has 0 aromatic carbocycles. The van der Waals surface area contributed by atoms with Crippen molar-refractivity contribution in [2.75, 3.05) is 6.61 Å². The minimum absolute atomic E-state index is 0.344. The maximum absolute atomic E-state index is 10.9. The van der Waals surface area contributed by atoms with E-state index in [1.54, 1.807) is 0 Å². The van der Waals surface area contributed by atoms with E-state index in [1.165, 1.54) is 64.2 Å². The van der Waals surface area contributed by atoms with Gasteiger partial charge >= 0.3 is 7.82 Å². The molecule has 0 saturated heterocycles. The van der Waals surface area contributed by atoms with Crippen molar-refractivity contribution in [3.8, 4) is 0 Å². The molecule has 0 bridgehead atoms. The predicted molar refractivity (Wildman–Crippen MR) is 102 cm³/mol. The molecule has 0 aliphatic carbocycles. The summed E-state index contributed by atoms with van der Waals surface area (Å²) in [5, 5.41) is 9.05. The number of nitrogens with two attached hydrogens (primary N) is 1. The third kappa shape index (κ3) is 17.2. The van der Waals surface area contributed by atoms with Crippen LogP contribution in [0.3, 0.4) is 0 Å². The van der Waals surface area contributed by atoms with Crippen LogP contribution in [0, 0.1) is 0 Å². The number of aliphatic hydroxyl groups is 1. The molecule has 0 aliphatic rings. The lowest BCUT2D eigenvalue weighted by Gasteiger charge is -2.22. The van der Waals surface area contributed by atoms with E-state index in [-0.39, 0.29) is 6.61 Å². The Labute approximate surface area is 153 Å². The summed E-state index contributed by atoms with van der Waals surface area (Å²) in [5.74, 6) is 0. The molecule has 2 atom stereocenters. The van der Waals surface area contributed by atoms with Gasteiger partial charge in [-0.15, -0.1) is 0 Å². The fraction of sp³-hybridized carbons (Fsp3) is 1.00. The Morgan fingerprint density at radius 1 is 0.840 bits per heavy atom. The van der Waals surface area contributed by atoms with Crippen LogP contribution in [0.25, 0.3) is 0 Å². The molecule has 5 N–H and O–H groups in total. The molecule has 0 heterocycles. The van der Waals surface area contributed by atoms with Crippen LogP contribution in [0.4, 0.5) is 0 Å². The van der Waals surface area contributed by atoms with Crippen LogP contribution in [0.2, 0.25) is 0 Å². The molecule has 0 aromatic rings. The molecule has 0 aliphatic heterocycles. The number of hydrogen-bond donors (Lipinski definition) is 4. The molecular formula is C18H40NO5P. The Hall–Kier alpha value is 0.0300. The summed E-state index contributed by atoms with van der Waals surface area (Å²) in [6.07, 6.45) is 15.8. The van der Waals surface area contributed by atoms with E-state index < -0.39 is 20.0 Å². The van der Waals surface area contributed by atoms with E-state index in [0.717, 1.165) is 19.3 Å². The molecule has 0 spiro atoms. The van der Waals surface area contributed by atoms with Gasteiger partial charge in [-0.2, -0.15) is 0 Å². The lowest BCUT2D eigenvalue weighted by Crippen LogP contribution is -2.39. The highest BCUT2D eigenvalue weighted by atomic mass is 31.2. The first-order valence-electron chi connectivity index (χ1n) is 10.0. The molecule has 0 aromatic heterocycles. The standard InChI is InChI=1S/C18H40NO5P/c1-2-3-4-5-6-7-8-9-10-11-12-13-14-15-18(17(19)16-20)24-25(21,22)23/h17-18,20H,2-16,19H2,1H3,(H2,21,22,23). The van der Waals surface area contributed by atoms with Crippen molar-refractivity contribution in [2.45, 2.75) is 109 Å². The Morgan fingerprint density at radius 2 is 1.24 bits per heavy atom. The quantitative estimate of drug-likeness (QED) is 0.208. The molecule has 0 radical (unpaired) electrons. The van der Waals surface area contributed by atoms with Gasteiger partial charge in [0.2, 0.25) is 0 Å². The van der Waals surface area contributed by atoms with Gasteiger partial charge in [0.05, 0.1) is 18.8 Å². The largest absolute Gasteiger partial charge is 0.469 e. The van der Waals surface area contributed by atoms with Crippen LogP contribution in [0.5, 0.6) is 0 Å². The molecule has 152 valence electrons. The molecular weight excluding hydrogens is 341 g/mol. The van der Waals surface area contributed by atoms with Crippen LogP contribution in [0.15, 0.2) is 0 Å². The molecule has 2 unspecified atom stereocenters. The summed E-state index contributed by atoms with van der Waals surface area (Å²) in [6.45, 7) is 1.90. The first-order valence-corrected chi connectivity index (χ1v) is 11.5. The zero-order chi connectivity index (χ0) is 19.0. The summed E-state index contributed by atoms with van der Waals surface area (Å²) >= 11 is 0. The second-order valence-electron chi connectivity index (χ2n) is 7.01. The number of rotatable bonds is 18. The Bertz CT molecular complexity index is 337. The average Bonchev–Trinajstić information content (AvgIpc) is 2.56. The van der Waals surface area contributed by atoms with Crippen molar-refractivity contribution in [3.63, 3.8) is 0 Å². The first kappa shape index (κ1) is 25.0. The third-order valence-electron chi connectivity index (χ3n) is 4.55. The molecule has 25 heavy (non-hydrogen) atoms. The smallest absolute Gasteiger partial charge is 0.395 e. The Balaban J connectivity index is 3.53. The van der Waals surface area contributed by atoms with E-state index in [0.29, 0.717) is 6.42 Å². The molecule has 7 heteroatoms. The zero-order valence-electron chi connectivity index (χ0n) is 15.9. The number of aliphatic hydroxyl groups excluding tert-OH is 1. The maximum Gasteiger partial charge on any atom is 0.469 e. The van der Waals surface area contributed by atoms with Crippen molar-refractivity contribution in [2.24, 2.45) is 5.73 Å². The summed E-state index contributed by atoms with van der Waals surface area (Å²) in [4.78, 5) is 17.8. The van der Waals surface area contributed by atoms with Crippen LogP contribution in [0.1, 0.15) is 96.8 Å². The number of unbranched alkanes of at least 4 members (excludes halogenated alkanes) is 12. The highest BCUT2D eigenvalue weighted by Gasteiger charge is 2.26. The lowest BCUT2D eigenvalue weighted by atomic mass is 10.0. The van der Waals surface area contributed by atoms with Crippen molar-refractivity contribution in [1.82, 2.24) is 0 Å². The van der Waals surface area contributed by atoms with Gasteiger partial charge in [0.15, 0.2) is 0 Å². The van der Waals surface area contributed by atoms with Crippen molar-refractivity contribution in [3.05, 3.63) is 0 Å². The van der Waals surface area contributed by atoms with E-state index in [4.69, 9.17) is 20.6 Å². The van der Waals surface area contributed by atoms with Crippen molar-refractivity contribution in [1.29, 1.82) is 0 Å². The fourth-order valence-corrected chi connectivity index (χ4v) is 3.62. The van der Waals surface area contributed by atoms with Gasteiger partial charge < -0.3 is 20.6 Å². The minimum atomic E-state index is -4.57. The van der Waals surface area contributed by atoms with Crippen molar-refractivity contribution >= 4 is 7.82 Å². The summed E-state index contributed by atoms with van der Waals surface area (Å²) < 4.78 is 15.6. The monoisotopic (exact) mass is 381 g/mol. The topological polar surface area (TPSA) is 113 Å². The van der Waals surface area contributed by atoms with Gasteiger partial charge in [0.25, 0.3) is 0 Å². The minimum Gasteiger partial charge on any atom is -0.395 e. The van der Waals surface area contributed by atoms with Gasteiger partial charge in [-0.3, -0.25) is 4.52 Å². The lowest BCUT2D eigenvalue weighted by molar-refractivity contribution is 0.0834. The third-order valence-corrected chi connectivity index (χ3v) is 5.10. The highest BCUT2D eigenvalue weighted by molar-refractivity contribution is 7.46. The predicted octanol–water partition coefficient (Wildman–Crippen LogP) is 4.27. The molecule has 0 rings (SSSR count). The second kappa shape index (κ2) is 16.2. The normalized spacial score (nSPS) is 14.6. The maximum atomic E-state index is 10.9. The van der Waals surface area contributed by atoms with Crippen LogP contribution in [-0.4, -0.2) is 33.6 Å². The Kier molecular flexibility index (Phi) is 16.2. The highest BCUT2D eigenvalue weighted by Crippen LogP contribution is 2.39. The second-order valence-corrected chi connectivity index (χ2v) is 8.20. The van der Waals surface area contributed by atoms with Gasteiger partial charge in [0, 0.05) is 0 Å². The SMILES string of the molecule is CCCCCCCCCCCCCCCC(OP(=O)(O)O)C(N)CO. The molecule has 0 saturated carbocycles. The van der Waals surface area contributed by atoms with E-state index in [1.807, 2.05) is 0 Å². The van der Waals surface area contributed by atoms with Gasteiger partial charge in [-0.05, 0) is 6.42 Å². The number of phosphoric acid groups is 1. The molecule has 0 amide bonds. The number of phosphoric ester groups is 1. The van der Waals surface area contributed by atoms with Crippen molar-refractivity contribution < 1.29 is 24.0 Å². The Morgan fingerprint density at radius 3 is 1.60 bits per heavy atom. The first-order chi connectivity index (χ1) is 11.9. The van der Waals surface area contributed by atoms with Gasteiger partial charge in [-0.1, -0.05) is 90.4 Å². The van der Waals surface area contributed by atoms with Gasteiger partial charge in [-0.25, -0.2) is 4.57 Å². The van der Waals surface area contributed by atoms with Gasteiger partial charge in [0.1, 0.15) is 0 Å². The number of hydrogen-bond acceptors (Lipinski definition) is 4. The summed E-state index contributed by atoms with van der Waals surface area (Å²) in [6, 6.07) is -0.759. The molecule has 6 nitrogen and oxygen atoms in total. The van der Waals surface area contributed by atoms with E-state index >= 15 is 0 Å². The van der Waals surface area contributed by atoms with E-state index in [2.05, 4.69) is 11.4 Å². The summed E-state index contributed by atoms with van der Waals surface area (Å²) in [5.41, 5.74) is 5.65. The molecule has 0 fully saturated rings. The van der Waals surface area contributed by atoms with E-state index in [9.17, 15) is 4.57 Å². The van der Waals surface area contributed by atoms with Crippen LogP contribution >= 0.6 is 7.82 Å².